The second-order valence-corrected chi connectivity index (χ2v) is 7.07. The monoisotopic (exact) mass is 469 g/mol. The maximum Gasteiger partial charge on any atom is 0.0890 e. The van der Waals surface area contributed by atoms with Crippen LogP contribution in [0.3, 0.4) is 0 Å². The summed E-state index contributed by atoms with van der Waals surface area (Å²) < 4.78 is 2.98. The number of fused-ring (bicyclic) bond motifs is 1. The van der Waals surface area contributed by atoms with Gasteiger partial charge in [-0.2, -0.15) is 0 Å². The van der Waals surface area contributed by atoms with Crippen LogP contribution in [0.1, 0.15) is 5.69 Å². The summed E-state index contributed by atoms with van der Waals surface area (Å²) in [4.78, 5) is 9.02. The largest absolute Gasteiger partial charge is 0.377 e. The van der Waals surface area contributed by atoms with Crippen LogP contribution >= 0.6 is 47.8 Å². The molecule has 0 radical (unpaired) electrons. The van der Waals surface area contributed by atoms with Gasteiger partial charge in [0.2, 0.25) is 0 Å². The van der Waals surface area contributed by atoms with Gasteiger partial charge in [0.1, 0.15) is 0 Å². The molecule has 0 atom stereocenters. The van der Waals surface area contributed by atoms with E-state index in [1.807, 2.05) is 36.4 Å². The fraction of sp³-hybridized carbons (Fsp3) is 0.0667. The van der Waals surface area contributed by atoms with Crippen LogP contribution in [0.2, 0.25) is 0 Å². The van der Waals surface area contributed by atoms with Crippen molar-refractivity contribution in [3.05, 3.63) is 61.7 Å². The van der Waals surface area contributed by atoms with Gasteiger partial charge in [-0.1, -0.05) is 28.1 Å². The molecule has 3 aromatic rings. The summed E-state index contributed by atoms with van der Waals surface area (Å²) in [6.07, 6.45) is 1.80. The van der Waals surface area contributed by atoms with Crippen molar-refractivity contribution in [3.8, 4) is 0 Å². The van der Waals surface area contributed by atoms with Gasteiger partial charge in [0, 0.05) is 13.4 Å². The number of anilines is 1. The van der Waals surface area contributed by atoms with Crippen LogP contribution in [0.4, 0.5) is 5.69 Å². The Bertz CT molecular complexity index is 782. The average Bonchev–Trinajstić information content (AvgIpc) is 2.46. The Morgan fingerprint density at radius 3 is 2.33 bits per heavy atom. The molecule has 0 amide bonds. The third-order valence-electron chi connectivity index (χ3n) is 2.95. The second kappa shape index (κ2) is 6.42. The van der Waals surface area contributed by atoms with E-state index in [2.05, 4.69) is 63.1 Å². The molecule has 0 unspecified atom stereocenters. The molecule has 0 fully saturated rings. The lowest BCUT2D eigenvalue weighted by atomic mass is 10.3. The van der Waals surface area contributed by atoms with Crippen LogP contribution in [-0.4, -0.2) is 9.97 Å². The Hall–Kier alpha value is -0.980. The van der Waals surface area contributed by atoms with Crippen LogP contribution < -0.4 is 5.32 Å². The van der Waals surface area contributed by atoms with Gasteiger partial charge in [-0.25, -0.2) is 4.98 Å². The Kier molecular flexibility index (Phi) is 4.57. The molecule has 0 aliphatic heterocycles. The van der Waals surface area contributed by atoms with E-state index in [1.54, 1.807) is 6.20 Å². The van der Waals surface area contributed by atoms with Crippen LogP contribution in [-0.2, 0) is 6.54 Å². The van der Waals surface area contributed by atoms with Gasteiger partial charge in [-0.15, -0.1) is 0 Å². The first-order valence-electron chi connectivity index (χ1n) is 6.22. The summed E-state index contributed by atoms with van der Waals surface area (Å²) in [5.41, 5.74) is 3.71. The first-order valence-corrected chi connectivity index (χ1v) is 8.60. The molecule has 1 heterocycles. The fourth-order valence-electron chi connectivity index (χ4n) is 1.97. The normalized spacial score (nSPS) is 10.8. The minimum Gasteiger partial charge on any atom is -0.377 e. The highest BCUT2D eigenvalue weighted by Crippen LogP contribution is 2.34. The minimum absolute atomic E-state index is 0.608. The zero-order valence-corrected chi connectivity index (χ0v) is 15.5. The summed E-state index contributed by atoms with van der Waals surface area (Å²) in [6, 6.07) is 11.9. The molecule has 6 heteroatoms. The molecular weight excluding hydrogens is 462 g/mol. The third-order valence-corrected chi connectivity index (χ3v) is 4.66. The molecule has 0 aliphatic rings. The van der Waals surface area contributed by atoms with Gasteiger partial charge in [0.25, 0.3) is 0 Å². The number of hydrogen-bond donors (Lipinski definition) is 1. The highest BCUT2D eigenvalue weighted by Gasteiger charge is 2.07. The zero-order chi connectivity index (χ0) is 14.8. The van der Waals surface area contributed by atoms with Crippen molar-refractivity contribution in [2.75, 3.05) is 5.32 Å². The predicted molar refractivity (Wildman–Crippen MR) is 96.4 cm³/mol. The fourth-order valence-corrected chi connectivity index (χ4v) is 4.51. The van der Waals surface area contributed by atoms with Crippen molar-refractivity contribution in [1.82, 2.24) is 9.97 Å². The number of para-hydroxylation sites is 2. The van der Waals surface area contributed by atoms with Crippen LogP contribution in [0, 0.1) is 0 Å². The molecule has 1 aromatic heterocycles. The number of rotatable bonds is 3. The predicted octanol–water partition coefficient (Wildman–Crippen LogP) is 5.53. The zero-order valence-electron chi connectivity index (χ0n) is 10.8. The van der Waals surface area contributed by atoms with Gasteiger partial charge in [0.05, 0.1) is 35.2 Å². The Morgan fingerprint density at radius 2 is 1.62 bits per heavy atom. The number of halogens is 3. The molecular formula is C15H10Br3N3. The van der Waals surface area contributed by atoms with E-state index in [1.165, 1.54) is 0 Å². The van der Waals surface area contributed by atoms with E-state index in [9.17, 15) is 0 Å². The molecule has 106 valence electrons. The Labute approximate surface area is 147 Å². The molecule has 3 rings (SSSR count). The van der Waals surface area contributed by atoms with Crippen LogP contribution in [0.25, 0.3) is 11.0 Å². The summed E-state index contributed by atoms with van der Waals surface area (Å²) in [7, 11) is 0. The SMILES string of the molecule is Brc1cc(Br)c(NCc2cnc3ccccc3n2)c(Br)c1. The van der Waals surface area contributed by atoms with E-state index in [-0.39, 0.29) is 0 Å². The first kappa shape index (κ1) is 14.9. The number of benzene rings is 2. The lowest BCUT2D eigenvalue weighted by Crippen LogP contribution is -2.04. The molecule has 21 heavy (non-hydrogen) atoms. The lowest BCUT2D eigenvalue weighted by molar-refractivity contribution is 1.04. The van der Waals surface area contributed by atoms with Gasteiger partial charge in [-0.3, -0.25) is 4.98 Å². The highest BCUT2D eigenvalue weighted by atomic mass is 79.9. The molecule has 0 aliphatic carbocycles. The smallest absolute Gasteiger partial charge is 0.0890 e. The van der Waals surface area contributed by atoms with Crippen molar-refractivity contribution in [1.29, 1.82) is 0 Å². The minimum atomic E-state index is 0.608. The molecule has 2 aromatic carbocycles. The molecule has 0 bridgehead atoms. The van der Waals surface area contributed by atoms with Gasteiger partial charge in [0.15, 0.2) is 0 Å². The van der Waals surface area contributed by atoms with Crippen molar-refractivity contribution in [3.63, 3.8) is 0 Å². The van der Waals surface area contributed by atoms with Crippen molar-refractivity contribution in [2.45, 2.75) is 6.54 Å². The molecule has 0 spiro atoms. The first-order chi connectivity index (χ1) is 10.1. The van der Waals surface area contributed by atoms with Crippen molar-refractivity contribution in [2.24, 2.45) is 0 Å². The Morgan fingerprint density at radius 1 is 0.952 bits per heavy atom. The molecule has 3 nitrogen and oxygen atoms in total. The second-order valence-electron chi connectivity index (χ2n) is 4.45. The summed E-state index contributed by atoms with van der Waals surface area (Å²) in [5.74, 6) is 0. The highest BCUT2D eigenvalue weighted by molar-refractivity contribution is 9.11. The average molecular weight is 472 g/mol. The number of nitrogens with zero attached hydrogens (tertiary/aromatic N) is 2. The van der Waals surface area contributed by atoms with E-state index < -0.39 is 0 Å². The van der Waals surface area contributed by atoms with E-state index >= 15 is 0 Å². The maximum atomic E-state index is 4.60. The van der Waals surface area contributed by atoms with Crippen LogP contribution in [0.15, 0.2) is 56.0 Å². The Balaban J connectivity index is 1.83. The van der Waals surface area contributed by atoms with Crippen molar-refractivity contribution >= 4 is 64.5 Å². The van der Waals surface area contributed by atoms with E-state index in [0.29, 0.717) is 6.54 Å². The van der Waals surface area contributed by atoms with Crippen molar-refractivity contribution < 1.29 is 0 Å². The summed E-state index contributed by atoms with van der Waals surface area (Å²) >= 11 is 10.6. The number of nitrogens with one attached hydrogen (secondary N) is 1. The quantitative estimate of drug-likeness (QED) is 0.545. The van der Waals surface area contributed by atoms with E-state index in [4.69, 9.17) is 0 Å². The summed E-state index contributed by atoms with van der Waals surface area (Å²) in [5, 5.41) is 3.37. The third kappa shape index (κ3) is 3.44. The topological polar surface area (TPSA) is 37.8 Å². The standard InChI is InChI=1S/C15H10Br3N3/c16-9-5-11(17)15(12(18)6-9)20-8-10-7-19-13-3-1-2-4-14(13)21-10/h1-7,20H,8H2. The van der Waals surface area contributed by atoms with Gasteiger partial charge < -0.3 is 5.32 Å². The maximum absolute atomic E-state index is 4.60. The number of aromatic nitrogens is 2. The van der Waals surface area contributed by atoms with Gasteiger partial charge in [-0.05, 0) is 56.1 Å². The molecule has 1 N–H and O–H groups in total. The van der Waals surface area contributed by atoms with E-state index in [0.717, 1.165) is 35.8 Å². The number of hydrogen-bond acceptors (Lipinski definition) is 3. The molecule has 0 saturated carbocycles. The lowest BCUT2D eigenvalue weighted by Gasteiger charge is -2.11. The van der Waals surface area contributed by atoms with Crippen LogP contribution in [0.5, 0.6) is 0 Å². The molecule has 0 saturated heterocycles. The van der Waals surface area contributed by atoms with Gasteiger partial charge >= 0.3 is 0 Å². The summed E-state index contributed by atoms with van der Waals surface area (Å²) in [6.45, 7) is 0.608.